The quantitative estimate of drug-likeness (QED) is 0.642. The van der Waals surface area contributed by atoms with Crippen LogP contribution in [-0.4, -0.2) is 16.1 Å². The van der Waals surface area contributed by atoms with E-state index in [4.69, 9.17) is 6.42 Å². The van der Waals surface area contributed by atoms with Gasteiger partial charge in [0, 0.05) is 37.1 Å². The summed E-state index contributed by atoms with van der Waals surface area (Å²) in [5.41, 5.74) is 2.38. The number of hydrogen-bond donors (Lipinski definition) is 1. The molecule has 0 amide bonds. The molecule has 1 aromatic heterocycles. The molecule has 0 bridgehead atoms. The molecule has 1 unspecified atom stereocenters. The van der Waals surface area contributed by atoms with Crippen LogP contribution >= 0.6 is 0 Å². The maximum Gasteiger partial charge on any atom is 0.0991 e. The molecule has 3 heteroatoms. The van der Waals surface area contributed by atoms with Gasteiger partial charge in [-0.3, -0.25) is 0 Å². The Kier molecular flexibility index (Phi) is 4.16. The third kappa shape index (κ3) is 2.99. The normalized spacial score (nSPS) is 12.0. The summed E-state index contributed by atoms with van der Waals surface area (Å²) in [6.45, 7) is 2.99. The van der Waals surface area contributed by atoms with Gasteiger partial charge in [-0.2, -0.15) is 0 Å². The van der Waals surface area contributed by atoms with Crippen LogP contribution < -0.4 is 5.32 Å². The first kappa shape index (κ1) is 12.4. The molecule has 3 nitrogen and oxygen atoms in total. The molecule has 1 atom stereocenters. The summed E-state index contributed by atoms with van der Waals surface area (Å²) < 4.78 is 1.99. The summed E-state index contributed by atoms with van der Waals surface area (Å²) in [7, 11) is 0. The van der Waals surface area contributed by atoms with E-state index in [1.807, 2.05) is 10.8 Å². The standard InChI is InChI=1S/C15H17N3/c1-3-4-9-17-13(2)14-5-7-15(8-6-14)18-11-10-16-12-18/h1,5-8,10-13,17H,4,9H2,2H3. The largest absolute Gasteiger partial charge is 0.309 e. The van der Waals surface area contributed by atoms with Gasteiger partial charge in [-0.1, -0.05) is 12.1 Å². The SMILES string of the molecule is C#CCCNC(C)c1ccc(-n2ccnc2)cc1. The molecule has 0 saturated carbocycles. The van der Waals surface area contributed by atoms with E-state index in [1.54, 1.807) is 12.5 Å². The molecule has 92 valence electrons. The topological polar surface area (TPSA) is 29.9 Å². The smallest absolute Gasteiger partial charge is 0.0991 e. The molecule has 0 spiro atoms. The van der Waals surface area contributed by atoms with Crippen molar-refractivity contribution in [1.29, 1.82) is 0 Å². The first-order valence-electron chi connectivity index (χ1n) is 6.06. The van der Waals surface area contributed by atoms with Crippen molar-refractivity contribution in [2.75, 3.05) is 6.54 Å². The van der Waals surface area contributed by atoms with Crippen LogP contribution in [0.4, 0.5) is 0 Å². The minimum Gasteiger partial charge on any atom is -0.309 e. The molecule has 0 fully saturated rings. The van der Waals surface area contributed by atoms with E-state index in [2.05, 4.69) is 47.4 Å². The lowest BCUT2D eigenvalue weighted by Gasteiger charge is -2.14. The number of aromatic nitrogens is 2. The third-order valence-electron chi connectivity index (χ3n) is 2.92. The maximum atomic E-state index is 5.23. The Hall–Kier alpha value is -2.05. The lowest BCUT2D eigenvalue weighted by molar-refractivity contribution is 0.584. The fourth-order valence-corrected chi connectivity index (χ4v) is 1.83. The van der Waals surface area contributed by atoms with Crippen LogP contribution in [0.3, 0.4) is 0 Å². The molecule has 0 saturated heterocycles. The summed E-state index contributed by atoms with van der Waals surface area (Å²) in [4.78, 5) is 4.04. The average molecular weight is 239 g/mol. The summed E-state index contributed by atoms with van der Waals surface area (Å²) in [6.07, 6.45) is 11.5. The van der Waals surface area contributed by atoms with Gasteiger partial charge in [-0.25, -0.2) is 4.98 Å². The van der Waals surface area contributed by atoms with Crippen LogP contribution in [0.25, 0.3) is 5.69 Å². The Morgan fingerprint density at radius 3 is 2.78 bits per heavy atom. The lowest BCUT2D eigenvalue weighted by Crippen LogP contribution is -2.19. The first-order valence-corrected chi connectivity index (χ1v) is 6.06. The van der Waals surface area contributed by atoms with Crippen LogP contribution in [0.2, 0.25) is 0 Å². The Balaban J connectivity index is 2.01. The van der Waals surface area contributed by atoms with Crippen molar-refractivity contribution >= 4 is 0 Å². The van der Waals surface area contributed by atoms with Crippen LogP contribution in [-0.2, 0) is 0 Å². The van der Waals surface area contributed by atoms with E-state index in [1.165, 1.54) is 5.56 Å². The molecular formula is C15H17N3. The highest BCUT2D eigenvalue weighted by Gasteiger charge is 2.04. The molecule has 1 heterocycles. The zero-order valence-electron chi connectivity index (χ0n) is 10.5. The third-order valence-corrected chi connectivity index (χ3v) is 2.92. The van der Waals surface area contributed by atoms with Crippen LogP contribution in [0.15, 0.2) is 43.0 Å². The maximum absolute atomic E-state index is 5.23. The molecule has 2 rings (SSSR count). The molecule has 18 heavy (non-hydrogen) atoms. The van der Waals surface area contributed by atoms with Crippen LogP contribution in [0.5, 0.6) is 0 Å². The predicted octanol–water partition coefficient (Wildman–Crippen LogP) is 2.55. The fraction of sp³-hybridized carbons (Fsp3) is 0.267. The van der Waals surface area contributed by atoms with Crippen LogP contribution in [0, 0.1) is 12.3 Å². The number of imidazole rings is 1. The Bertz CT molecular complexity index is 506. The second-order valence-corrected chi connectivity index (χ2v) is 4.19. The highest BCUT2D eigenvalue weighted by atomic mass is 15.0. The average Bonchev–Trinajstić information content (AvgIpc) is 2.93. The van der Waals surface area contributed by atoms with E-state index in [0.717, 1.165) is 18.7 Å². The van der Waals surface area contributed by atoms with Crippen molar-refractivity contribution < 1.29 is 0 Å². The highest BCUT2D eigenvalue weighted by molar-refractivity contribution is 5.35. The number of nitrogens with one attached hydrogen (secondary N) is 1. The zero-order valence-corrected chi connectivity index (χ0v) is 10.5. The van der Waals surface area contributed by atoms with E-state index >= 15 is 0 Å². The van der Waals surface area contributed by atoms with E-state index < -0.39 is 0 Å². The minimum absolute atomic E-state index is 0.315. The van der Waals surface area contributed by atoms with E-state index in [-0.39, 0.29) is 0 Å². The molecule has 0 aliphatic heterocycles. The van der Waals surface area contributed by atoms with Crippen molar-refractivity contribution in [3.05, 3.63) is 48.5 Å². The summed E-state index contributed by atoms with van der Waals surface area (Å²) >= 11 is 0. The van der Waals surface area contributed by atoms with E-state index in [9.17, 15) is 0 Å². The summed E-state index contributed by atoms with van der Waals surface area (Å²) in [5.74, 6) is 2.63. The summed E-state index contributed by atoms with van der Waals surface area (Å²) in [5, 5.41) is 3.39. The number of benzene rings is 1. The van der Waals surface area contributed by atoms with Crippen molar-refractivity contribution in [2.45, 2.75) is 19.4 Å². The number of nitrogens with zero attached hydrogens (tertiary/aromatic N) is 2. The second-order valence-electron chi connectivity index (χ2n) is 4.19. The van der Waals surface area contributed by atoms with Gasteiger partial charge in [0.25, 0.3) is 0 Å². The van der Waals surface area contributed by atoms with Gasteiger partial charge in [-0.05, 0) is 24.6 Å². The number of hydrogen-bond acceptors (Lipinski definition) is 2. The molecular weight excluding hydrogens is 222 g/mol. The summed E-state index contributed by atoms with van der Waals surface area (Å²) in [6, 6.07) is 8.76. The second kappa shape index (κ2) is 6.04. The van der Waals surface area contributed by atoms with Gasteiger partial charge in [0.1, 0.15) is 0 Å². The van der Waals surface area contributed by atoms with Gasteiger partial charge in [0.05, 0.1) is 6.33 Å². The molecule has 0 radical (unpaired) electrons. The first-order chi connectivity index (χ1) is 8.81. The number of terminal acetylenes is 1. The molecule has 0 aliphatic rings. The Morgan fingerprint density at radius 1 is 1.39 bits per heavy atom. The van der Waals surface area contributed by atoms with Gasteiger partial charge in [0.15, 0.2) is 0 Å². The molecule has 1 aromatic carbocycles. The van der Waals surface area contributed by atoms with Gasteiger partial charge in [0.2, 0.25) is 0 Å². The van der Waals surface area contributed by atoms with Crippen molar-refractivity contribution in [2.24, 2.45) is 0 Å². The van der Waals surface area contributed by atoms with Gasteiger partial charge < -0.3 is 9.88 Å². The highest BCUT2D eigenvalue weighted by Crippen LogP contribution is 2.15. The Morgan fingerprint density at radius 2 is 2.17 bits per heavy atom. The van der Waals surface area contributed by atoms with Crippen molar-refractivity contribution in [3.8, 4) is 18.0 Å². The molecule has 0 aliphatic carbocycles. The number of rotatable bonds is 5. The predicted molar refractivity (Wildman–Crippen MR) is 73.4 cm³/mol. The monoisotopic (exact) mass is 239 g/mol. The molecule has 2 aromatic rings. The van der Waals surface area contributed by atoms with Crippen molar-refractivity contribution in [1.82, 2.24) is 14.9 Å². The van der Waals surface area contributed by atoms with Crippen molar-refractivity contribution in [3.63, 3.8) is 0 Å². The van der Waals surface area contributed by atoms with Gasteiger partial charge in [-0.15, -0.1) is 12.3 Å². The zero-order chi connectivity index (χ0) is 12.8. The van der Waals surface area contributed by atoms with Crippen LogP contribution in [0.1, 0.15) is 24.9 Å². The fourth-order valence-electron chi connectivity index (χ4n) is 1.83. The molecule has 1 N–H and O–H groups in total. The van der Waals surface area contributed by atoms with Gasteiger partial charge >= 0.3 is 0 Å². The Labute approximate surface area is 108 Å². The lowest BCUT2D eigenvalue weighted by atomic mass is 10.1. The minimum atomic E-state index is 0.315. The van der Waals surface area contributed by atoms with E-state index in [0.29, 0.717) is 6.04 Å².